The summed E-state index contributed by atoms with van der Waals surface area (Å²) in [4.78, 5) is 27.1. The van der Waals surface area contributed by atoms with Gasteiger partial charge in [0.25, 0.3) is 5.91 Å². The van der Waals surface area contributed by atoms with E-state index in [9.17, 15) is 9.59 Å². The van der Waals surface area contributed by atoms with Crippen LogP contribution in [0.5, 0.6) is 11.5 Å². The average Bonchev–Trinajstić information content (AvgIpc) is 2.62. The largest absolute Gasteiger partial charge is 0.489 e. The molecule has 3 aromatic rings. The number of aromatic nitrogens is 1. The second-order valence-electron chi connectivity index (χ2n) is 5.52. The number of pyridine rings is 1. The fourth-order valence-electron chi connectivity index (χ4n) is 2.47. The van der Waals surface area contributed by atoms with Gasteiger partial charge >= 0.3 is 5.97 Å². The highest BCUT2D eigenvalue weighted by atomic mass is 35.5. The van der Waals surface area contributed by atoms with Gasteiger partial charge in [-0.2, -0.15) is 0 Å². The summed E-state index contributed by atoms with van der Waals surface area (Å²) >= 11 is 6.14. The van der Waals surface area contributed by atoms with Gasteiger partial charge in [0.1, 0.15) is 17.5 Å². The first-order valence-electron chi connectivity index (χ1n) is 7.74. The van der Waals surface area contributed by atoms with Crippen LogP contribution in [0.25, 0.3) is 10.8 Å². The van der Waals surface area contributed by atoms with Crippen molar-refractivity contribution in [2.75, 3.05) is 0 Å². The molecule has 0 aliphatic rings. The molecule has 0 unspecified atom stereocenters. The summed E-state index contributed by atoms with van der Waals surface area (Å²) in [5, 5.41) is 1.01. The maximum atomic E-state index is 11.7. The molecule has 0 bridgehead atoms. The van der Waals surface area contributed by atoms with Crippen LogP contribution in [0.2, 0.25) is 5.15 Å². The lowest BCUT2D eigenvalue weighted by Gasteiger charge is -2.13. The molecule has 0 aliphatic heterocycles. The molecule has 132 valence electrons. The molecule has 0 aliphatic carbocycles. The van der Waals surface area contributed by atoms with Crippen LogP contribution in [0.4, 0.5) is 0 Å². The van der Waals surface area contributed by atoms with Crippen LogP contribution in [0.3, 0.4) is 0 Å². The molecule has 0 fully saturated rings. The Morgan fingerprint density at radius 2 is 1.85 bits per heavy atom. The smallest absolute Gasteiger partial charge is 0.308 e. The lowest BCUT2D eigenvalue weighted by atomic mass is 10.1. The zero-order valence-corrected chi connectivity index (χ0v) is 14.6. The molecule has 7 heteroatoms. The van der Waals surface area contributed by atoms with Gasteiger partial charge in [-0.1, -0.05) is 41.9 Å². The second kappa shape index (κ2) is 7.41. The number of ether oxygens (including phenoxy) is 2. The van der Waals surface area contributed by atoms with Crippen LogP contribution in [0, 0.1) is 0 Å². The molecular weight excluding hydrogens is 356 g/mol. The molecule has 2 N–H and O–H groups in total. The number of halogens is 1. The maximum absolute atomic E-state index is 11.7. The third-order valence-electron chi connectivity index (χ3n) is 3.61. The number of carbonyl (C=O) groups is 2. The van der Waals surface area contributed by atoms with E-state index in [1.807, 2.05) is 30.3 Å². The van der Waals surface area contributed by atoms with E-state index in [0.717, 1.165) is 5.56 Å². The molecule has 26 heavy (non-hydrogen) atoms. The van der Waals surface area contributed by atoms with Crippen molar-refractivity contribution >= 4 is 34.2 Å². The lowest BCUT2D eigenvalue weighted by molar-refractivity contribution is -0.131. The highest BCUT2D eigenvalue weighted by Gasteiger charge is 2.20. The van der Waals surface area contributed by atoms with E-state index in [1.165, 1.54) is 6.92 Å². The van der Waals surface area contributed by atoms with Crippen molar-refractivity contribution in [3.63, 3.8) is 0 Å². The number of fused-ring (bicyclic) bond motifs is 1. The topological polar surface area (TPSA) is 91.5 Å². The molecule has 1 heterocycles. The third-order valence-corrected chi connectivity index (χ3v) is 3.90. The molecule has 6 nitrogen and oxygen atoms in total. The van der Waals surface area contributed by atoms with E-state index in [2.05, 4.69) is 4.98 Å². The zero-order valence-electron chi connectivity index (χ0n) is 13.9. The minimum Gasteiger partial charge on any atom is -0.489 e. The summed E-state index contributed by atoms with van der Waals surface area (Å²) in [5.41, 5.74) is 6.13. The monoisotopic (exact) mass is 370 g/mol. The lowest BCUT2D eigenvalue weighted by Crippen LogP contribution is -2.17. The summed E-state index contributed by atoms with van der Waals surface area (Å²) in [6.07, 6.45) is 0. The number of benzene rings is 2. The second-order valence-corrected chi connectivity index (χ2v) is 5.88. The van der Waals surface area contributed by atoms with Crippen LogP contribution >= 0.6 is 11.6 Å². The number of rotatable bonds is 5. The van der Waals surface area contributed by atoms with Crippen molar-refractivity contribution in [2.24, 2.45) is 5.73 Å². The minimum atomic E-state index is -0.847. The zero-order chi connectivity index (χ0) is 18.7. The van der Waals surface area contributed by atoms with Gasteiger partial charge in [-0.05, 0) is 23.8 Å². The fraction of sp³-hybridized carbons (Fsp3) is 0.105. The quantitative estimate of drug-likeness (QED) is 0.548. The van der Waals surface area contributed by atoms with Crippen LogP contribution in [-0.2, 0) is 11.4 Å². The Balaban J connectivity index is 2.05. The van der Waals surface area contributed by atoms with Gasteiger partial charge in [0, 0.05) is 17.7 Å². The molecule has 1 aromatic heterocycles. The van der Waals surface area contributed by atoms with E-state index < -0.39 is 11.9 Å². The van der Waals surface area contributed by atoms with Crippen LogP contribution in [0.1, 0.15) is 23.0 Å². The maximum Gasteiger partial charge on any atom is 0.308 e. The third kappa shape index (κ3) is 3.75. The molecule has 0 saturated heterocycles. The molecule has 3 rings (SSSR count). The normalized spacial score (nSPS) is 10.5. The predicted octanol–water partition coefficient (Wildman–Crippen LogP) is 3.49. The van der Waals surface area contributed by atoms with Gasteiger partial charge in [0.05, 0.1) is 0 Å². The highest BCUT2D eigenvalue weighted by Crippen LogP contribution is 2.35. The Morgan fingerprint density at radius 1 is 1.12 bits per heavy atom. The van der Waals surface area contributed by atoms with Crippen LogP contribution < -0.4 is 15.2 Å². The minimum absolute atomic E-state index is 0.0328. The SMILES string of the molecule is CC(=O)Oc1c(C(N)=O)nc(Cl)c2ccc(OCc3ccccc3)cc12. The fourth-order valence-corrected chi connectivity index (χ4v) is 2.72. The van der Waals surface area contributed by atoms with Crippen molar-refractivity contribution < 1.29 is 19.1 Å². The average molecular weight is 371 g/mol. The van der Waals surface area contributed by atoms with Crippen molar-refractivity contribution in [1.82, 2.24) is 4.98 Å². The highest BCUT2D eigenvalue weighted by molar-refractivity contribution is 6.35. The standard InChI is InChI=1S/C19H15ClN2O4/c1-11(23)26-17-15-9-13(25-10-12-5-3-2-4-6-12)7-8-14(15)18(20)22-16(17)19(21)24/h2-9H,10H2,1H3,(H2,21,24). The Hall–Kier alpha value is -3.12. The first kappa shape index (κ1) is 17.7. The van der Waals surface area contributed by atoms with Crippen molar-refractivity contribution in [1.29, 1.82) is 0 Å². The Kier molecular flexibility index (Phi) is 5.04. The van der Waals surface area contributed by atoms with E-state index >= 15 is 0 Å². The van der Waals surface area contributed by atoms with Crippen LogP contribution in [-0.4, -0.2) is 16.9 Å². The van der Waals surface area contributed by atoms with Crippen molar-refractivity contribution in [3.8, 4) is 11.5 Å². The molecule has 0 atom stereocenters. The summed E-state index contributed by atoms with van der Waals surface area (Å²) in [7, 11) is 0. The number of nitrogens with zero attached hydrogens (tertiary/aromatic N) is 1. The number of esters is 1. The molecule has 0 spiro atoms. The van der Waals surface area contributed by atoms with Gasteiger partial charge in [-0.15, -0.1) is 0 Å². The van der Waals surface area contributed by atoms with E-state index in [4.69, 9.17) is 26.8 Å². The summed E-state index contributed by atoms with van der Waals surface area (Å²) in [5.74, 6) is -0.962. The first-order valence-corrected chi connectivity index (χ1v) is 8.11. The number of nitrogens with two attached hydrogens (primary N) is 1. The van der Waals surface area contributed by atoms with Gasteiger partial charge < -0.3 is 15.2 Å². The number of amides is 1. The molecule has 0 saturated carbocycles. The number of hydrogen-bond acceptors (Lipinski definition) is 5. The van der Waals surface area contributed by atoms with Gasteiger partial charge in [0.15, 0.2) is 11.4 Å². The van der Waals surface area contributed by atoms with Crippen LogP contribution in [0.15, 0.2) is 48.5 Å². The van der Waals surface area contributed by atoms with Crippen molar-refractivity contribution in [2.45, 2.75) is 13.5 Å². The van der Waals surface area contributed by atoms with E-state index in [0.29, 0.717) is 23.1 Å². The summed E-state index contributed by atoms with van der Waals surface area (Å²) in [6.45, 7) is 1.58. The molecule has 2 aromatic carbocycles. The summed E-state index contributed by atoms with van der Waals surface area (Å²) < 4.78 is 11.0. The Labute approximate surface area is 154 Å². The first-order chi connectivity index (χ1) is 12.5. The van der Waals surface area contributed by atoms with E-state index in [1.54, 1.807) is 18.2 Å². The predicted molar refractivity (Wildman–Crippen MR) is 97.4 cm³/mol. The van der Waals surface area contributed by atoms with Gasteiger partial charge in [0.2, 0.25) is 0 Å². The van der Waals surface area contributed by atoms with E-state index in [-0.39, 0.29) is 16.6 Å². The molecular formula is C19H15ClN2O4. The van der Waals surface area contributed by atoms with Crippen molar-refractivity contribution in [3.05, 3.63) is 64.9 Å². The Bertz CT molecular complexity index is 990. The number of hydrogen-bond donors (Lipinski definition) is 1. The number of primary amides is 1. The number of carbonyl (C=O) groups excluding carboxylic acids is 2. The molecule has 1 amide bonds. The van der Waals surface area contributed by atoms with Gasteiger partial charge in [-0.25, -0.2) is 4.98 Å². The summed E-state index contributed by atoms with van der Waals surface area (Å²) in [6, 6.07) is 14.7. The molecule has 0 radical (unpaired) electrons. The Morgan fingerprint density at radius 3 is 2.50 bits per heavy atom. The van der Waals surface area contributed by atoms with Gasteiger partial charge in [-0.3, -0.25) is 9.59 Å².